The van der Waals surface area contributed by atoms with E-state index in [1.54, 1.807) is 36.7 Å². The van der Waals surface area contributed by atoms with Crippen molar-refractivity contribution in [2.75, 3.05) is 5.75 Å². The van der Waals surface area contributed by atoms with Crippen molar-refractivity contribution in [3.05, 3.63) is 108 Å². The molecule has 12 heteroatoms. The van der Waals surface area contributed by atoms with Gasteiger partial charge in [-0.3, -0.25) is 14.4 Å². The molecule has 0 spiro atoms. The van der Waals surface area contributed by atoms with Gasteiger partial charge in [0.05, 0.1) is 6.04 Å². The Morgan fingerprint density at radius 3 is 1.74 bits per heavy atom. The predicted molar refractivity (Wildman–Crippen MR) is 179 cm³/mol. The van der Waals surface area contributed by atoms with E-state index in [9.17, 15) is 24.3 Å². The minimum atomic E-state index is -1.24. The van der Waals surface area contributed by atoms with Crippen molar-refractivity contribution in [3.8, 4) is 0 Å². The molecule has 2 heterocycles. The molecule has 8 N–H and O–H groups in total. The van der Waals surface area contributed by atoms with Crippen molar-refractivity contribution >= 4 is 58.1 Å². The van der Waals surface area contributed by atoms with E-state index in [0.29, 0.717) is 0 Å². The SMILES string of the molecule is NC(Cc1c[nH]c2ccccc12)C(=O)NC(CS)C(=O)NC(Cc1c[nH]c2ccccc12)C(=O)NC(Cc1ccccc1)C(=O)O. The summed E-state index contributed by atoms with van der Waals surface area (Å²) in [5, 5.41) is 19.7. The van der Waals surface area contributed by atoms with E-state index >= 15 is 0 Å². The zero-order valence-corrected chi connectivity index (χ0v) is 25.8. The summed E-state index contributed by atoms with van der Waals surface area (Å²) in [6.45, 7) is 0. The highest BCUT2D eigenvalue weighted by atomic mass is 32.1. The van der Waals surface area contributed by atoms with Crippen LogP contribution in [-0.2, 0) is 38.4 Å². The first-order valence-electron chi connectivity index (χ1n) is 14.9. The number of H-pyrrole nitrogens is 2. The minimum absolute atomic E-state index is 0.0549. The fourth-order valence-corrected chi connectivity index (χ4v) is 5.68. The van der Waals surface area contributed by atoms with Crippen molar-refractivity contribution in [1.82, 2.24) is 25.9 Å². The molecule has 11 nitrogen and oxygen atoms in total. The van der Waals surface area contributed by atoms with Gasteiger partial charge in [0, 0.05) is 52.8 Å². The maximum absolute atomic E-state index is 13.6. The lowest BCUT2D eigenvalue weighted by molar-refractivity contribution is -0.142. The van der Waals surface area contributed by atoms with Gasteiger partial charge in [-0.1, -0.05) is 66.7 Å². The second-order valence-corrected chi connectivity index (χ2v) is 11.5. The number of hydrogen-bond acceptors (Lipinski definition) is 6. The first-order valence-corrected chi connectivity index (χ1v) is 15.5. The molecule has 3 amide bonds. The van der Waals surface area contributed by atoms with Crippen LogP contribution in [0, 0.1) is 0 Å². The van der Waals surface area contributed by atoms with Crippen LogP contribution in [0.25, 0.3) is 21.8 Å². The third-order valence-corrected chi connectivity index (χ3v) is 8.26. The third kappa shape index (κ3) is 7.76. The molecule has 5 rings (SSSR count). The molecule has 3 aromatic carbocycles. The normalized spacial score (nSPS) is 13.9. The van der Waals surface area contributed by atoms with E-state index < -0.39 is 47.9 Å². The summed E-state index contributed by atoms with van der Waals surface area (Å²) in [5.41, 5.74) is 10.3. The minimum Gasteiger partial charge on any atom is -0.480 e. The van der Waals surface area contributed by atoms with Gasteiger partial charge < -0.3 is 36.8 Å². The molecule has 0 fully saturated rings. The number of thiol groups is 1. The Morgan fingerprint density at radius 1 is 0.652 bits per heavy atom. The molecule has 4 atom stereocenters. The van der Waals surface area contributed by atoms with Gasteiger partial charge in [0.2, 0.25) is 17.7 Å². The smallest absolute Gasteiger partial charge is 0.326 e. The number of amides is 3. The highest BCUT2D eigenvalue weighted by Crippen LogP contribution is 2.20. The van der Waals surface area contributed by atoms with Crippen molar-refractivity contribution < 1.29 is 24.3 Å². The Kier molecular flexibility index (Phi) is 10.4. The molecule has 0 aliphatic carbocycles. The number of carbonyl (C=O) groups is 4. The van der Waals surface area contributed by atoms with Gasteiger partial charge in [-0.05, 0) is 35.2 Å². The van der Waals surface area contributed by atoms with Crippen LogP contribution in [0.1, 0.15) is 16.7 Å². The number of carboxylic acids is 1. The van der Waals surface area contributed by atoms with E-state index in [0.717, 1.165) is 38.5 Å². The topological polar surface area (TPSA) is 182 Å². The third-order valence-electron chi connectivity index (χ3n) is 7.90. The zero-order chi connectivity index (χ0) is 32.6. The van der Waals surface area contributed by atoms with Crippen molar-refractivity contribution in [1.29, 1.82) is 0 Å². The first-order chi connectivity index (χ1) is 22.2. The number of rotatable bonds is 14. The number of benzene rings is 3. The number of nitrogens with one attached hydrogen (secondary N) is 5. The standard InChI is InChI=1S/C34H36N6O5S/c35-25(15-21-17-36-26-12-6-4-10-23(21)26)31(41)40-30(19-46)33(43)38-28(16-22-18-37-27-13-7-5-11-24(22)27)32(42)39-29(34(44)45)14-20-8-2-1-3-9-20/h1-13,17-18,25,28-30,36-37,46H,14-16,19,35H2,(H,38,43)(H,39,42)(H,40,41)(H,44,45). The van der Waals surface area contributed by atoms with E-state index in [4.69, 9.17) is 5.73 Å². The number of carboxylic acid groups (broad SMARTS) is 1. The largest absolute Gasteiger partial charge is 0.480 e. The molecule has 238 valence electrons. The quantitative estimate of drug-likeness (QED) is 0.0863. The number of hydrogen-bond donors (Lipinski definition) is 8. The van der Waals surface area contributed by atoms with Gasteiger partial charge in [0.25, 0.3) is 0 Å². The fourth-order valence-electron chi connectivity index (χ4n) is 5.43. The lowest BCUT2D eigenvalue weighted by Crippen LogP contribution is -2.58. The van der Waals surface area contributed by atoms with Gasteiger partial charge in [-0.15, -0.1) is 0 Å². The summed E-state index contributed by atoms with van der Waals surface area (Å²) in [4.78, 5) is 58.7. The van der Waals surface area contributed by atoms with Gasteiger partial charge in [-0.2, -0.15) is 12.6 Å². The number of para-hydroxylation sites is 2. The molecular weight excluding hydrogens is 604 g/mol. The van der Waals surface area contributed by atoms with Crippen LogP contribution >= 0.6 is 12.6 Å². The number of aliphatic carboxylic acids is 1. The van der Waals surface area contributed by atoms with Crippen molar-refractivity contribution in [3.63, 3.8) is 0 Å². The molecule has 0 saturated carbocycles. The average molecular weight is 641 g/mol. The first kappa shape index (κ1) is 32.3. The highest BCUT2D eigenvalue weighted by Gasteiger charge is 2.31. The Balaban J connectivity index is 1.30. The van der Waals surface area contributed by atoms with Crippen LogP contribution in [0.4, 0.5) is 0 Å². The maximum atomic E-state index is 13.6. The van der Waals surface area contributed by atoms with Crippen LogP contribution in [0.3, 0.4) is 0 Å². The van der Waals surface area contributed by atoms with Gasteiger partial charge in [0.1, 0.15) is 18.1 Å². The van der Waals surface area contributed by atoms with Crippen LogP contribution in [0.5, 0.6) is 0 Å². The molecule has 0 bridgehead atoms. The molecule has 4 unspecified atom stereocenters. The highest BCUT2D eigenvalue weighted by molar-refractivity contribution is 7.80. The molecule has 0 radical (unpaired) electrons. The van der Waals surface area contributed by atoms with Crippen LogP contribution in [-0.4, -0.2) is 68.7 Å². The average Bonchev–Trinajstić information content (AvgIpc) is 3.67. The second kappa shape index (κ2) is 14.8. The van der Waals surface area contributed by atoms with Crippen molar-refractivity contribution in [2.24, 2.45) is 5.73 Å². The number of carbonyl (C=O) groups excluding carboxylic acids is 3. The molecular formula is C34H36N6O5S. The van der Waals surface area contributed by atoms with E-state index in [2.05, 4.69) is 38.5 Å². The summed E-state index contributed by atoms with van der Waals surface area (Å²) in [6.07, 6.45) is 3.90. The summed E-state index contributed by atoms with van der Waals surface area (Å²) in [6, 6.07) is 19.7. The maximum Gasteiger partial charge on any atom is 0.326 e. The Labute approximate surface area is 270 Å². The number of nitrogens with two attached hydrogens (primary N) is 1. The summed E-state index contributed by atoms with van der Waals surface area (Å²) in [5.74, 6) is -3.16. The van der Waals surface area contributed by atoms with Crippen LogP contribution in [0.2, 0.25) is 0 Å². The summed E-state index contributed by atoms with van der Waals surface area (Å²) >= 11 is 4.28. The molecule has 0 aliphatic heterocycles. The Bertz CT molecular complexity index is 1840. The number of fused-ring (bicyclic) bond motifs is 2. The van der Waals surface area contributed by atoms with E-state index in [-0.39, 0.29) is 25.0 Å². The van der Waals surface area contributed by atoms with E-state index in [1.165, 1.54) is 0 Å². The predicted octanol–water partition coefficient (Wildman–Crippen LogP) is 2.47. The van der Waals surface area contributed by atoms with Gasteiger partial charge >= 0.3 is 5.97 Å². The lowest BCUT2D eigenvalue weighted by Gasteiger charge is -2.24. The fraction of sp³-hybridized carbons (Fsp3) is 0.235. The molecule has 46 heavy (non-hydrogen) atoms. The second-order valence-electron chi connectivity index (χ2n) is 11.1. The molecule has 2 aromatic heterocycles. The Hall–Kier alpha value is -5.07. The van der Waals surface area contributed by atoms with Crippen molar-refractivity contribution in [2.45, 2.75) is 43.4 Å². The van der Waals surface area contributed by atoms with E-state index in [1.807, 2.05) is 54.6 Å². The Morgan fingerprint density at radius 2 is 1.15 bits per heavy atom. The zero-order valence-electron chi connectivity index (χ0n) is 24.9. The monoisotopic (exact) mass is 640 g/mol. The number of aromatic amines is 2. The molecule has 0 aliphatic rings. The van der Waals surface area contributed by atoms with Gasteiger partial charge in [-0.25, -0.2) is 4.79 Å². The summed E-state index contributed by atoms with van der Waals surface area (Å²) < 4.78 is 0. The van der Waals surface area contributed by atoms with Gasteiger partial charge in [0.15, 0.2) is 0 Å². The van der Waals surface area contributed by atoms with Crippen LogP contribution < -0.4 is 21.7 Å². The van der Waals surface area contributed by atoms with Crippen LogP contribution in [0.15, 0.2) is 91.3 Å². The molecule has 0 saturated heterocycles. The number of aromatic nitrogens is 2. The summed E-state index contributed by atoms with van der Waals surface area (Å²) in [7, 11) is 0. The lowest BCUT2D eigenvalue weighted by atomic mass is 10.0. The molecule has 5 aromatic rings.